The van der Waals surface area contributed by atoms with Crippen LogP contribution in [0, 0.1) is 6.92 Å². The molecule has 16 heavy (non-hydrogen) atoms. The van der Waals surface area contributed by atoms with Crippen molar-refractivity contribution in [1.29, 1.82) is 0 Å². The summed E-state index contributed by atoms with van der Waals surface area (Å²) in [6.07, 6.45) is 1.60. The fourth-order valence-electron chi connectivity index (χ4n) is 1.83. The third-order valence-electron chi connectivity index (χ3n) is 2.76. The summed E-state index contributed by atoms with van der Waals surface area (Å²) in [5, 5.41) is 0. The molecular formula is C11H15FN2O2. The van der Waals surface area contributed by atoms with Crippen LogP contribution in [0.3, 0.4) is 0 Å². The molecule has 4 nitrogen and oxygen atoms in total. The highest BCUT2D eigenvalue weighted by molar-refractivity contribution is 5.71. The molecule has 0 saturated carbocycles. The molecule has 0 bridgehead atoms. The molecule has 0 unspecified atom stereocenters. The highest BCUT2D eigenvalue weighted by Gasteiger charge is 2.25. The maximum absolute atomic E-state index is 12.5. The number of aryl methyl sites for hydroxylation is 2. The van der Waals surface area contributed by atoms with E-state index >= 15 is 0 Å². The molecule has 2 heterocycles. The summed E-state index contributed by atoms with van der Waals surface area (Å²) >= 11 is 0. The van der Waals surface area contributed by atoms with Gasteiger partial charge in [-0.25, -0.2) is 9.37 Å². The van der Waals surface area contributed by atoms with Crippen LogP contribution >= 0.6 is 0 Å². The van der Waals surface area contributed by atoms with Gasteiger partial charge in [0, 0.05) is 19.5 Å². The van der Waals surface area contributed by atoms with Gasteiger partial charge < -0.3 is 4.42 Å². The molecule has 1 aromatic rings. The van der Waals surface area contributed by atoms with E-state index in [4.69, 9.17) is 4.42 Å². The Kier molecular flexibility index (Phi) is 3.33. The number of carbonyl (C=O) groups excluding carboxylic acids is 1. The van der Waals surface area contributed by atoms with Gasteiger partial charge in [-0.05, 0) is 19.9 Å². The van der Waals surface area contributed by atoms with Crippen molar-refractivity contribution in [3.05, 3.63) is 17.3 Å². The standard InChI is InChI=1S/C11H15FN2O2/c1-8-10(7-15)16-11(13-8)3-2-4-14-5-9(12)6-14/h7,9H,2-6H2,1H3. The monoisotopic (exact) mass is 226 g/mol. The third-order valence-corrected chi connectivity index (χ3v) is 2.76. The molecule has 1 aliphatic heterocycles. The summed E-state index contributed by atoms with van der Waals surface area (Å²) < 4.78 is 17.8. The molecule has 2 rings (SSSR count). The van der Waals surface area contributed by atoms with Gasteiger partial charge >= 0.3 is 0 Å². The van der Waals surface area contributed by atoms with E-state index in [0.29, 0.717) is 43.1 Å². The minimum Gasteiger partial charge on any atom is -0.438 e. The lowest BCUT2D eigenvalue weighted by Crippen LogP contribution is -2.48. The molecule has 1 saturated heterocycles. The van der Waals surface area contributed by atoms with Gasteiger partial charge in [0.25, 0.3) is 0 Å². The first-order valence-corrected chi connectivity index (χ1v) is 5.47. The molecule has 0 atom stereocenters. The number of rotatable bonds is 5. The summed E-state index contributed by atoms with van der Waals surface area (Å²) in [5.74, 6) is 0.902. The van der Waals surface area contributed by atoms with Gasteiger partial charge in [0.2, 0.25) is 0 Å². The van der Waals surface area contributed by atoms with Gasteiger partial charge in [-0.1, -0.05) is 0 Å². The molecule has 0 aliphatic carbocycles. The average Bonchev–Trinajstić information content (AvgIpc) is 2.56. The van der Waals surface area contributed by atoms with E-state index in [1.165, 1.54) is 0 Å². The number of hydrogen-bond acceptors (Lipinski definition) is 4. The van der Waals surface area contributed by atoms with Crippen LogP contribution < -0.4 is 0 Å². The third kappa shape index (κ3) is 2.47. The van der Waals surface area contributed by atoms with Crippen molar-refractivity contribution in [3.8, 4) is 0 Å². The topological polar surface area (TPSA) is 46.3 Å². The zero-order valence-electron chi connectivity index (χ0n) is 9.28. The Labute approximate surface area is 93.4 Å². The number of hydrogen-bond donors (Lipinski definition) is 0. The van der Waals surface area contributed by atoms with Gasteiger partial charge in [0.1, 0.15) is 6.17 Å². The Morgan fingerprint density at radius 3 is 2.94 bits per heavy atom. The van der Waals surface area contributed by atoms with Gasteiger partial charge in [-0.2, -0.15) is 0 Å². The van der Waals surface area contributed by atoms with Crippen molar-refractivity contribution in [3.63, 3.8) is 0 Å². The number of nitrogens with zero attached hydrogens (tertiary/aromatic N) is 2. The van der Waals surface area contributed by atoms with Crippen LogP contribution in [-0.4, -0.2) is 42.0 Å². The second-order valence-corrected chi connectivity index (χ2v) is 4.14. The second-order valence-electron chi connectivity index (χ2n) is 4.14. The zero-order valence-corrected chi connectivity index (χ0v) is 9.28. The number of aldehydes is 1. The molecule has 1 fully saturated rings. The van der Waals surface area contributed by atoms with Crippen molar-refractivity contribution in [2.45, 2.75) is 25.9 Å². The predicted octanol–water partition coefficient (Wildman–Crippen LogP) is 1.38. The van der Waals surface area contributed by atoms with Gasteiger partial charge in [0.15, 0.2) is 17.9 Å². The fourth-order valence-corrected chi connectivity index (χ4v) is 1.83. The van der Waals surface area contributed by atoms with Crippen molar-refractivity contribution in [2.75, 3.05) is 19.6 Å². The summed E-state index contributed by atoms with van der Waals surface area (Å²) in [7, 11) is 0. The number of oxazole rings is 1. The average molecular weight is 226 g/mol. The Morgan fingerprint density at radius 2 is 2.38 bits per heavy atom. The van der Waals surface area contributed by atoms with E-state index in [2.05, 4.69) is 9.88 Å². The number of halogens is 1. The molecule has 0 radical (unpaired) electrons. The van der Waals surface area contributed by atoms with Gasteiger partial charge in [-0.3, -0.25) is 9.69 Å². The molecule has 1 aliphatic rings. The Hall–Kier alpha value is -1.23. The first kappa shape index (κ1) is 11.3. The largest absolute Gasteiger partial charge is 0.438 e. The minimum absolute atomic E-state index is 0.308. The maximum Gasteiger partial charge on any atom is 0.195 e. The quantitative estimate of drug-likeness (QED) is 0.712. The molecular weight excluding hydrogens is 211 g/mol. The number of likely N-dealkylation sites (tertiary alicyclic amines) is 1. The fraction of sp³-hybridized carbons (Fsp3) is 0.636. The molecule has 0 spiro atoms. The lowest BCUT2D eigenvalue weighted by Gasteiger charge is -2.33. The van der Waals surface area contributed by atoms with Crippen LogP contribution in [0.4, 0.5) is 4.39 Å². The summed E-state index contributed by atoms with van der Waals surface area (Å²) in [5.41, 5.74) is 0.637. The van der Waals surface area contributed by atoms with E-state index in [0.717, 1.165) is 13.0 Å². The zero-order chi connectivity index (χ0) is 11.5. The van der Waals surface area contributed by atoms with Crippen LogP contribution in [0.1, 0.15) is 28.6 Å². The van der Waals surface area contributed by atoms with Crippen LogP contribution in [-0.2, 0) is 6.42 Å². The number of aromatic nitrogens is 1. The Balaban J connectivity index is 1.74. The van der Waals surface area contributed by atoms with Gasteiger partial charge in [0.05, 0.1) is 5.69 Å². The SMILES string of the molecule is Cc1nc(CCCN2CC(F)C2)oc1C=O. The molecule has 0 aromatic carbocycles. The summed E-state index contributed by atoms with van der Waals surface area (Å²) in [4.78, 5) is 16.7. The summed E-state index contributed by atoms with van der Waals surface area (Å²) in [6.45, 7) is 3.70. The second kappa shape index (κ2) is 4.74. The van der Waals surface area contributed by atoms with Crippen LogP contribution in [0.25, 0.3) is 0 Å². The highest BCUT2D eigenvalue weighted by atomic mass is 19.1. The van der Waals surface area contributed by atoms with Crippen molar-refractivity contribution in [1.82, 2.24) is 9.88 Å². The lowest BCUT2D eigenvalue weighted by atomic mass is 10.1. The summed E-state index contributed by atoms with van der Waals surface area (Å²) in [6, 6.07) is 0. The van der Waals surface area contributed by atoms with E-state index in [9.17, 15) is 9.18 Å². The number of alkyl halides is 1. The van der Waals surface area contributed by atoms with E-state index in [1.807, 2.05) is 0 Å². The van der Waals surface area contributed by atoms with Crippen LogP contribution in [0.2, 0.25) is 0 Å². The molecule has 0 amide bonds. The number of carbonyl (C=O) groups is 1. The normalized spacial score (nSPS) is 17.4. The Bertz CT molecular complexity index is 372. The molecule has 0 N–H and O–H groups in total. The van der Waals surface area contributed by atoms with Crippen molar-refractivity contribution < 1.29 is 13.6 Å². The maximum atomic E-state index is 12.5. The lowest BCUT2D eigenvalue weighted by molar-refractivity contribution is 0.0646. The van der Waals surface area contributed by atoms with Crippen LogP contribution in [0.5, 0.6) is 0 Å². The first-order valence-electron chi connectivity index (χ1n) is 5.47. The minimum atomic E-state index is -0.648. The van der Waals surface area contributed by atoms with E-state index < -0.39 is 6.17 Å². The first-order chi connectivity index (χ1) is 7.69. The van der Waals surface area contributed by atoms with Crippen molar-refractivity contribution >= 4 is 6.29 Å². The molecule has 1 aromatic heterocycles. The van der Waals surface area contributed by atoms with E-state index in [-0.39, 0.29) is 0 Å². The molecule has 5 heteroatoms. The molecule has 88 valence electrons. The van der Waals surface area contributed by atoms with Crippen LogP contribution in [0.15, 0.2) is 4.42 Å². The van der Waals surface area contributed by atoms with E-state index in [1.54, 1.807) is 6.92 Å². The predicted molar refractivity (Wildman–Crippen MR) is 56.3 cm³/mol. The smallest absolute Gasteiger partial charge is 0.195 e. The highest BCUT2D eigenvalue weighted by Crippen LogP contribution is 2.13. The van der Waals surface area contributed by atoms with Crippen molar-refractivity contribution in [2.24, 2.45) is 0 Å². The van der Waals surface area contributed by atoms with Gasteiger partial charge in [-0.15, -0.1) is 0 Å². The Morgan fingerprint density at radius 1 is 1.62 bits per heavy atom.